The lowest BCUT2D eigenvalue weighted by atomic mass is 9.86. The number of anilines is 1. The van der Waals surface area contributed by atoms with Crippen LogP contribution in [0.3, 0.4) is 0 Å². The van der Waals surface area contributed by atoms with Gasteiger partial charge in [-0.25, -0.2) is 0 Å². The molecule has 1 atom stereocenters. The van der Waals surface area contributed by atoms with E-state index in [1.54, 1.807) is 0 Å². The molecule has 0 fully saturated rings. The Morgan fingerprint density at radius 1 is 1.44 bits per heavy atom. The van der Waals surface area contributed by atoms with Crippen molar-refractivity contribution >= 4 is 5.69 Å². The molecule has 2 nitrogen and oxygen atoms in total. The zero-order chi connectivity index (χ0) is 11.5. The molecule has 1 aliphatic rings. The number of nitrogens with two attached hydrogens (primary N) is 1. The van der Waals surface area contributed by atoms with Crippen LogP contribution in [0.4, 0.5) is 5.69 Å². The molecule has 0 amide bonds. The third kappa shape index (κ3) is 2.22. The van der Waals surface area contributed by atoms with E-state index in [4.69, 9.17) is 5.73 Å². The number of likely N-dealkylation sites (N-methyl/N-ethyl adjacent to an activating group) is 1. The van der Waals surface area contributed by atoms with E-state index in [0.29, 0.717) is 6.04 Å². The first-order valence-electron chi connectivity index (χ1n) is 6.29. The molecule has 0 saturated carbocycles. The Bertz CT molecular complexity index is 360. The summed E-state index contributed by atoms with van der Waals surface area (Å²) in [6, 6.07) is 7.04. The maximum Gasteiger partial charge on any atom is 0.0349 e. The third-order valence-electron chi connectivity index (χ3n) is 3.69. The highest BCUT2D eigenvalue weighted by molar-refractivity contribution is 5.52. The Kier molecular flexibility index (Phi) is 3.49. The van der Waals surface area contributed by atoms with Crippen LogP contribution < -0.4 is 5.73 Å². The van der Waals surface area contributed by atoms with Crippen molar-refractivity contribution in [2.45, 2.75) is 38.6 Å². The van der Waals surface area contributed by atoms with Crippen LogP contribution in [0.5, 0.6) is 0 Å². The van der Waals surface area contributed by atoms with Crippen LogP contribution in [0.15, 0.2) is 18.2 Å². The number of benzene rings is 1. The quantitative estimate of drug-likeness (QED) is 0.790. The van der Waals surface area contributed by atoms with Crippen molar-refractivity contribution in [2.24, 2.45) is 0 Å². The molecule has 0 bridgehead atoms. The lowest BCUT2D eigenvalue weighted by molar-refractivity contribution is 0.222. The fourth-order valence-electron chi connectivity index (χ4n) is 2.73. The van der Waals surface area contributed by atoms with Gasteiger partial charge in [-0.15, -0.1) is 0 Å². The maximum absolute atomic E-state index is 6.01. The summed E-state index contributed by atoms with van der Waals surface area (Å²) >= 11 is 0. The lowest BCUT2D eigenvalue weighted by Crippen LogP contribution is -2.37. The van der Waals surface area contributed by atoms with Gasteiger partial charge in [0.2, 0.25) is 0 Å². The molecular weight excluding hydrogens is 196 g/mol. The van der Waals surface area contributed by atoms with Crippen LogP contribution in [0.25, 0.3) is 0 Å². The fraction of sp³-hybridized carbons (Fsp3) is 0.571. The van der Waals surface area contributed by atoms with Gasteiger partial charge in [0.25, 0.3) is 0 Å². The van der Waals surface area contributed by atoms with E-state index in [1.807, 2.05) is 6.07 Å². The van der Waals surface area contributed by atoms with E-state index >= 15 is 0 Å². The maximum atomic E-state index is 6.01. The molecule has 2 N–H and O–H groups in total. The van der Waals surface area contributed by atoms with Crippen LogP contribution in [0.1, 0.15) is 30.9 Å². The van der Waals surface area contributed by atoms with Gasteiger partial charge >= 0.3 is 0 Å². The second kappa shape index (κ2) is 4.88. The van der Waals surface area contributed by atoms with E-state index in [1.165, 1.54) is 30.5 Å². The first-order valence-corrected chi connectivity index (χ1v) is 6.29. The summed E-state index contributed by atoms with van der Waals surface area (Å²) in [4.78, 5) is 2.49. The Balaban J connectivity index is 2.12. The van der Waals surface area contributed by atoms with Crippen molar-refractivity contribution in [3.05, 3.63) is 29.3 Å². The largest absolute Gasteiger partial charge is 0.398 e. The standard InChI is InChI=1S/C14H22N2/c1-3-9-16(2)12-7-8-13-11(10-12)5-4-6-14(13)15/h4-6,12H,3,7-10,15H2,1-2H3. The molecule has 1 aliphatic carbocycles. The highest BCUT2D eigenvalue weighted by atomic mass is 15.1. The predicted molar refractivity (Wildman–Crippen MR) is 69.6 cm³/mol. The van der Waals surface area contributed by atoms with Gasteiger partial charge in [0.05, 0.1) is 0 Å². The molecule has 1 aromatic rings. The second-order valence-corrected chi connectivity index (χ2v) is 4.86. The molecular formula is C14H22N2. The number of rotatable bonds is 3. The minimum Gasteiger partial charge on any atom is -0.398 e. The van der Waals surface area contributed by atoms with Gasteiger partial charge in [-0.1, -0.05) is 19.1 Å². The van der Waals surface area contributed by atoms with Crippen LogP contribution >= 0.6 is 0 Å². The first kappa shape index (κ1) is 11.5. The lowest BCUT2D eigenvalue weighted by Gasteiger charge is -2.32. The van der Waals surface area contributed by atoms with E-state index in [-0.39, 0.29) is 0 Å². The fourth-order valence-corrected chi connectivity index (χ4v) is 2.73. The van der Waals surface area contributed by atoms with Crippen LogP contribution in [0.2, 0.25) is 0 Å². The monoisotopic (exact) mass is 218 g/mol. The molecule has 0 heterocycles. The zero-order valence-electron chi connectivity index (χ0n) is 10.4. The van der Waals surface area contributed by atoms with Gasteiger partial charge in [0.15, 0.2) is 0 Å². The third-order valence-corrected chi connectivity index (χ3v) is 3.69. The van der Waals surface area contributed by atoms with Gasteiger partial charge < -0.3 is 10.6 Å². The molecule has 1 unspecified atom stereocenters. The van der Waals surface area contributed by atoms with Crippen LogP contribution in [-0.4, -0.2) is 24.5 Å². The SMILES string of the molecule is CCCN(C)C1CCc2c(N)cccc2C1. The van der Waals surface area contributed by atoms with Gasteiger partial charge in [-0.05, 0) is 56.5 Å². The highest BCUT2D eigenvalue weighted by Gasteiger charge is 2.22. The molecule has 1 aromatic carbocycles. The molecule has 2 rings (SSSR count). The van der Waals surface area contributed by atoms with Crippen molar-refractivity contribution in [3.8, 4) is 0 Å². The minimum atomic E-state index is 0.703. The summed E-state index contributed by atoms with van der Waals surface area (Å²) in [7, 11) is 2.24. The predicted octanol–water partition coefficient (Wildman–Crippen LogP) is 2.47. The number of hydrogen-bond donors (Lipinski definition) is 1. The van der Waals surface area contributed by atoms with E-state index < -0.39 is 0 Å². The van der Waals surface area contributed by atoms with E-state index in [9.17, 15) is 0 Å². The average molecular weight is 218 g/mol. The smallest absolute Gasteiger partial charge is 0.0349 e. The number of hydrogen-bond acceptors (Lipinski definition) is 2. The zero-order valence-corrected chi connectivity index (χ0v) is 10.4. The van der Waals surface area contributed by atoms with E-state index in [0.717, 1.165) is 18.5 Å². The van der Waals surface area contributed by atoms with Gasteiger partial charge in [0, 0.05) is 11.7 Å². The molecule has 0 aliphatic heterocycles. The summed E-state index contributed by atoms with van der Waals surface area (Å²) in [6.07, 6.45) is 4.78. The molecule has 0 spiro atoms. The van der Waals surface area contributed by atoms with E-state index in [2.05, 4.69) is 31.0 Å². The molecule has 0 saturated heterocycles. The van der Waals surface area contributed by atoms with Crippen molar-refractivity contribution in [1.82, 2.24) is 4.90 Å². The molecule has 0 aromatic heterocycles. The summed E-state index contributed by atoms with van der Waals surface area (Å²) in [5, 5.41) is 0. The van der Waals surface area contributed by atoms with Gasteiger partial charge in [0.1, 0.15) is 0 Å². The minimum absolute atomic E-state index is 0.703. The van der Waals surface area contributed by atoms with Gasteiger partial charge in [-0.2, -0.15) is 0 Å². The van der Waals surface area contributed by atoms with Crippen molar-refractivity contribution in [2.75, 3.05) is 19.3 Å². The van der Waals surface area contributed by atoms with Gasteiger partial charge in [-0.3, -0.25) is 0 Å². The molecule has 88 valence electrons. The van der Waals surface area contributed by atoms with Crippen molar-refractivity contribution < 1.29 is 0 Å². The highest BCUT2D eigenvalue weighted by Crippen LogP contribution is 2.28. The van der Waals surface area contributed by atoms with Crippen molar-refractivity contribution in [1.29, 1.82) is 0 Å². The summed E-state index contributed by atoms with van der Waals surface area (Å²) in [6.45, 7) is 3.44. The first-order chi connectivity index (χ1) is 7.72. The van der Waals surface area contributed by atoms with Crippen LogP contribution in [0, 0.1) is 0 Å². The molecule has 2 heteroatoms. The Hall–Kier alpha value is -1.02. The number of nitrogen functional groups attached to an aromatic ring is 1. The average Bonchev–Trinajstić information content (AvgIpc) is 2.29. The Morgan fingerprint density at radius 3 is 3.00 bits per heavy atom. The number of fused-ring (bicyclic) bond motifs is 1. The summed E-state index contributed by atoms with van der Waals surface area (Å²) in [5.74, 6) is 0. The normalized spacial score (nSPS) is 19.8. The second-order valence-electron chi connectivity index (χ2n) is 4.86. The number of nitrogens with zero attached hydrogens (tertiary/aromatic N) is 1. The van der Waals surface area contributed by atoms with Crippen molar-refractivity contribution in [3.63, 3.8) is 0 Å². The molecule has 0 radical (unpaired) electrons. The Labute approximate surface area is 98.4 Å². The summed E-state index contributed by atoms with van der Waals surface area (Å²) < 4.78 is 0. The Morgan fingerprint density at radius 2 is 2.25 bits per heavy atom. The summed E-state index contributed by atoms with van der Waals surface area (Å²) in [5.41, 5.74) is 9.84. The topological polar surface area (TPSA) is 29.3 Å². The van der Waals surface area contributed by atoms with Crippen LogP contribution in [-0.2, 0) is 12.8 Å². The molecule has 16 heavy (non-hydrogen) atoms.